The molecule has 0 heterocycles. The number of benzene rings is 1. The van der Waals surface area contributed by atoms with Crippen LogP contribution in [-0.2, 0) is 16.6 Å². The molecule has 6 nitrogen and oxygen atoms in total. The molecule has 0 aliphatic heterocycles. The minimum Gasteiger partial charge on any atom is -0.356 e. The van der Waals surface area contributed by atoms with Gasteiger partial charge in [0.15, 0.2) is 5.96 Å². The van der Waals surface area contributed by atoms with Gasteiger partial charge in [-0.1, -0.05) is 19.1 Å². The first kappa shape index (κ1) is 19.4. The van der Waals surface area contributed by atoms with Gasteiger partial charge in [-0.3, -0.25) is 4.99 Å². The standard InChI is InChI=1S/C16H28N4O2S/c1-6-11-18-16(17-4)19-12-14-7-9-15(10-8-14)23(21,22)20(5)13(2)3/h7-10,13H,6,11-12H2,1-5H3,(H2,17,18,19). The van der Waals surface area contributed by atoms with E-state index in [1.807, 2.05) is 26.0 Å². The van der Waals surface area contributed by atoms with Crippen molar-refractivity contribution < 1.29 is 8.42 Å². The summed E-state index contributed by atoms with van der Waals surface area (Å²) in [6.45, 7) is 7.24. The summed E-state index contributed by atoms with van der Waals surface area (Å²) in [6.07, 6.45) is 1.02. The molecule has 0 saturated heterocycles. The second-order valence-electron chi connectivity index (χ2n) is 5.61. The Balaban J connectivity index is 2.74. The molecule has 2 N–H and O–H groups in total. The molecule has 0 fully saturated rings. The SMILES string of the molecule is CCCNC(=NC)NCc1ccc(S(=O)(=O)N(C)C(C)C)cc1. The third-order valence-corrected chi connectivity index (χ3v) is 5.60. The quantitative estimate of drug-likeness (QED) is 0.586. The molecule has 0 saturated carbocycles. The second kappa shape index (κ2) is 8.88. The highest BCUT2D eigenvalue weighted by atomic mass is 32.2. The third-order valence-electron chi connectivity index (χ3n) is 3.55. The topological polar surface area (TPSA) is 73.8 Å². The average molecular weight is 340 g/mol. The fourth-order valence-electron chi connectivity index (χ4n) is 1.87. The van der Waals surface area contributed by atoms with Crippen LogP contribution in [0.15, 0.2) is 34.2 Å². The first-order valence-electron chi connectivity index (χ1n) is 7.84. The lowest BCUT2D eigenvalue weighted by molar-refractivity contribution is 0.410. The Morgan fingerprint density at radius 1 is 1.22 bits per heavy atom. The van der Waals surface area contributed by atoms with E-state index in [0.717, 1.165) is 24.5 Å². The summed E-state index contributed by atoms with van der Waals surface area (Å²) in [5.74, 6) is 0.739. The van der Waals surface area contributed by atoms with Crippen molar-refractivity contribution in [1.29, 1.82) is 0 Å². The highest BCUT2D eigenvalue weighted by molar-refractivity contribution is 7.89. The molecule has 0 aliphatic carbocycles. The minimum absolute atomic E-state index is 0.0747. The van der Waals surface area contributed by atoms with E-state index in [0.29, 0.717) is 11.4 Å². The largest absolute Gasteiger partial charge is 0.356 e. The van der Waals surface area contributed by atoms with Gasteiger partial charge in [0.25, 0.3) is 0 Å². The van der Waals surface area contributed by atoms with E-state index in [1.165, 1.54) is 4.31 Å². The van der Waals surface area contributed by atoms with Crippen molar-refractivity contribution >= 4 is 16.0 Å². The Hall–Kier alpha value is -1.60. The van der Waals surface area contributed by atoms with E-state index in [1.54, 1.807) is 26.2 Å². The Morgan fingerprint density at radius 2 is 1.83 bits per heavy atom. The second-order valence-corrected chi connectivity index (χ2v) is 7.61. The molecule has 7 heteroatoms. The first-order chi connectivity index (χ1) is 10.8. The summed E-state index contributed by atoms with van der Waals surface area (Å²) in [5, 5.41) is 6.39. The summed E-state index contributed by atoms with van der Waals surface area (Å²) < 4.78 is 26.2. The predicted octanol–water partition coefficient (Wildman–Crippen LogP) is 1.79. The van der Waals surface area contributed by atoms with Crippen LogP contribution in [0, 0.1) is 0 Å². The highest BCUT2D eigenvalue weighted by Gasteiger charge is 2.22. The zero-order valence-corrected chi connectivity index (χ0v) is 15.4. The van der Waals surface area contributed by atoms with Gasteiger partial charge in [-0.25, -0.2) is 8.42 Å². The molecule has 0 aromatic heterocycles. The van der Waals surface area contributed by atoms with Gasteiger partial charge < -0.3 is 10.6 Å². The number of nitrogens with one attached hydrogen (secondary N) is 2. The molecule has 1 aromatic rings. The summed E-state index contributed by atoms with van der Waals surface area (Å²) in [5.41, 5.74) is 0.996. The minimum atomic E-state index is -3.43. The van der Waals surface area contributed by atoms with Crippen LogP contribution in [0.25, 0.3) is 0 Å². The molecule has 0 radical (unpaired) electrons. The van der Waals surface area contributed by atoms with Crippen molar-refractivity contribution in [3.8, 4) is 0 Å². The van der Waals surface area contributed by atoms with Crippen LogP contribution in [-0.4, -0.2) is 45.4 Å². The van der Waals surface area contributed by atoms with Crippen LogP contribution >= 0.6 is 0 Å². The molecule has 0 atom stereocenters. The van der Waals surface area contributed by atoms with Gasteiger partial charge >= 0.3 is 0 Å². The van der Waals surface area contributed by atoms with Crippen molar-refractivity contribution in [2.45, 2.75) is 44.7 Å². The number of nitrogens with zero attached hydrogens (tertiary/aromatic N) is 2. The smallest absolute Gasteiger partial charge is 0.243 e. The Bertz CT molecular complexity index is 609. The molecule has 0 bridgehead atoms. The molecule has 0 amide bonds. The van der Waals surface area contributed by atoms with Crippen LogP contribution in [0.3, 0.4) is 0 Å². The number of guanidine groups is 1. The number of aliphatic imine (C=N–C) groups is 1. The molecule has 0 aliphatic rings. The van der Waals surface area contributed by atoms with Gasteiger partial charge in [0.2, 0.25) is 10.0 Å². The van der Waals surface area contributed by atoms with Gasteiger partial charge in [0, 0.05) is 33.2 Å². The van der Waals surface area contributed by atoms with E-state index < -0.39 is 10.0 Å². The fraction of sp³-hybridized carbons (Fsp3) is 0.562. The molecule has 1 rings (SSSR count). The normalized spacial score (nSPS) is 12.7. The van der Waals surface area contributed by atoms with E-state index in [4.69, 9.17) is 0 Å². The number of hydrogen-bond donors (Lipinski definition) is 2. The average Bonchev–Trinajstić information content (AvgIpc) is 2.54. The van der Waals surface area contributed by atoms with E-state index >= 15 is 0 Å². The molecule has 0 spiro atoms. The summed E-state index contributed by atoms with van der Waals surface area (Å²) in [7, 11) is -0.105. The van der Waals surface area contributed by atoms with Crippen LogP contribution in [0.5, 0.6) is 0 Å². The predicted molar refractivity (Wildman–Crippen MR) is 95.0 cm³/mol. The van der Waals surface area contributed by atoms with E-state index in [9.17, 15) is 8.42 Å². The van der Waals surface area contributed by atoms with Crippen molar-refractivity contribution in [3.05, 3.63) is 29.8 Å². The van der Waals surface area contributed by atoms with Crippen molar-refractivity contribution in [2.75, 3.05) is 20.6 Å². The highest BCUT2D eigenvalue weighted by Crippen LogP contribution is 2.17. The maximum atomic E-state index is 12.4. The molecule has 130 valence electrons. The van der Waals surface area contributed by atoms with Crippen molar-refractivity contribution in [2.24, 2.45) is 4.99 Å². The summed E-state index contributed by atoms with van der Waals surface area (Å²) in [6, 6.07) is 6.86. The van der Waals surface area contributed by atoms with Gasteiger partial charge in [-0.2, -0.15) is 4.31 Å². The van der Waals surface area contributed by atoms with Crippen LogP contribution in [0.4, 0.5) is 0 Å². The Labute approximate surface area is 140 Å². The Morgan fingerprint density at radius 3 is 2.30 bits per heavy atom. The van der Waals surface area contributed by atoms with Gasteiger partial charge in [0.05, 0.1) is 4.90 Å². The molecular weight excluding hydrogens is 312 g/mol. The molecular formula is C16H28N4O2S. The fourth-order valence-corrected chi connectivity index (χ4v) is 3.24. The van der Waals surface area contributed by atoms with Crippen LogP contribution in [0.2, 0.25) is 0 Å². The van der Waals surface area contributed by atoms with Crippen molar-refractivity contribution in [1.82, 2.24) is 14.9 Å². The number of rotatable bonds is 7. The zero-order chi connectivity index (χ0) is 17.5. The zero-order valence-electron chi connectivity index (χ0n) is 14.6. The maximum Gasteiger partial charge on any atom is 0.243 e. The van der Waals surface area contributed by atoms with Crippen LogP contribution in [0.1, 0.15) is 32.8 Å². The van der Waals surface area contributed by atoms with Gasteiger partial charge in [0.1, 0.15) is 0 Å². The lowest BCUT2D eigenvalue weighted by atomic mass is 10.2. The van der Waals surface area contributed by atoms with E-state index in [2.05, 4.69) is 22.5 Å². The lowest BCUT2D eigenvalue weighted by Crippen LogP contribution is -2.37. The van der Waals surface area contributed by atoms with Gasteiger partial charge in [-0.15, -0.1) is 0 Å². The summed E-state index contributed by atoms with van der Waals surface area (Å²) in [4.78, 5) is 4.44. The monoisotopic (exact) mass is 340 g/mol. The molecule has 1 aromatic carbocycles. The molecule has 0 unspecified atom stereocenters. The Kier molecular flexibility index (Phi) is 7.51. The van der Waals surface area contributed by atoms with Gasteiger partial charge in [-0.05, 0) is 38.0 Å². The molecule has 23 heavy (non-hydrogen) atoms. The first-order valence-corrected chi connectivity index (χ1v) is 9.28. The summed E-state index contributed by atoms with van der Waals surface area (Å²) >= 11 is 0. The lowest BCUT2D eigenvalue weighted by Gasteiger charge is -2.21. The van der Waals surface area contributed by atoms with Crippen molar-refractivity contribution in [3.63, 3.8) is 0 Å². The number of hydrogen-bond acceptors (Lipinski definition) is 3. The van der Waals surface area contributed by atoms with Crippen LogP contribution < -0.4 is 10.6 Å². The maximum absolute atomic E-state index is 12.4. The third kappa shape index (κ3) is 5.51. The van der Waals surface area contributed by atoms with E-state index in [-0.39, 0.29) is 6.04 Å². The number of sulfonamides is 1.